The molecule has 23 heavy (non-hydrogen) atoms. The van der Waals surface area contributed by atoms with Crippen molar-refractivity contribution < 1.29 is 14.6 Å². The van der Waals surface area contributed by atoms with Crippen LogP contribution in [0.1, 0.15) is 65.7 Å². The summed E-state index contributed by atoms with van der Waals surface area (Å²) in [6.07, 6.45) is 10.1. The molecule has 0 aromatic rings. The first-order valence-corrected chi connectivity index (χ1v) is 8.73. The Hall–Kier alpha value is -1.35. The third kappa shape index (κ3) is 4.81. The minimum Gasteiger partial charge on any atom is -0.456 e. The van der Waals surface area contributed by atoms with Crippen LogP contribution in [0.5, 0.6) is 0 Å². The number of ether oxygens (including phenoxy) is 1. The molecule has 1 N–H and O–H groups in total. The third-order valence-corrected chi connectivity index (χ3v) is 5.26. The van der Waals surface area contributed by atoms with Crippen LogP contribution in [0.25, 0.3) is 0 Å². The number of fused-ring (bicyclic) bond motifs is 2. The van der Waals surface area contributed by atoms with Gasteiger partial charge in [0.05, 0.1) is 5.60 Å². The Labute approximate surface area is 140 Å². The van der Waals surface area contributed by atoms with E-state index in [1.165, 1.54) is 11.1 Å². The van der Waals surface area contributed by atoms with Gasteiger partial charge in [0.2, 0.25) is 0 Å². The van der Waals surface area contributed by atoms with E-state index < -0.39 is 11.7 Å². The van der Waals surface area contributed by atoms with E-state index in [9.17, 15) is 9.90 Å². The number of carbonyl (C=O) groups is 1. The van der Waals surface area contributed by atoms with E-state index in [0.29, 0.717) is 18.4 Å². The van der Waals surface area contributed by atoms with Gasteiger partial charge in [-0.2, -0.15) is 0 Å². The van der Waals surface area contributed by atoms with Gasteiger partial charge in [0.1, 0.15) is 6.10 Å². The van der Waals surface area contributed by atoms with Gasteiger partial charge < -0.3 is 9.84 Å². The molecule has 0 spiro atoms. The molecule has 0 unspecified atom stereocenters. The summed E-state index contributed by atoms with van der Waals surface area (Å²) in [6.45, 7) is 10.0. The zero-order valence-corrected chi connectivity index (χ0v) is 14.7. The molecule has 1 heterocycles. The third-order valence-electron chi connectivity index (χ3n) is 5.26. The van der Waals surface area contributed by atoms with Crippen LogP contribution in [-0.2, 0) is 9.53 Å². The molecule has 2 aliphatic rings. The van der Waals surface area contributed by atoms with Crippen molar-refractivity contribution in [2.45, 2.75) is 77.4 Å². The predicted molar refractivity (Wildman–Crippen MR) is 93.0 cm³/mol. The lowest BCUT2D eigenvalue weighted by molar-refractivity contribution is -0.168. The van der Waals surface area contributed by atoms with Crippen molar-refractivity contribution in [3.63, 3.8) is 0 Å². The molecule has 0 amide bonds. The van der Waals surface area contributed by atoms with Crippen LogP contribution in [0, 0.1) is 5.92 Å². The normalized spacial score (nSPS) is 38.6. The number of hydrogen-bond acceptors (Lipinski definition) is 3. The van der Waals surface area contributed by atoms with Crippen molar-refractivity contribution in [3.8, 4) is 0 Å². The molecule has 1 aliphatic heterocycles. The lowest BCUT2D eigenvalue weighted by Crippen LogP contribution is -2.47. The number of esters is 1. The Bertz CT molecular complexity index is 525. The fourth-order valence-electron chi connectivity index (χ4n) is 3.42. The molecular formula is C20H30O3. The van der Waals surface area contributed by atoms with Crippen LogP contribution in [0.3, 0.4) is 0 Å². The Balaban J connectivity index is 2.21. The Morgan fingerprint density at radius 1 is 1.22 bits per heavy atom. The lowest BCUT2D eigenvalue weighted by atomic mass is 9.79. The van der Waals surface area contributed by atoms with Crippen molar-refractivity contribution in [2.75, 3.05) is 0 Å². The van der Waals surface area contributed by atoms with Crippen molar-refractivity contribution in [3.05, 3.63) is 35.5 Å². The molecule has 0 aromatic heterocycles. The summed E-state index contributed by atoms with van der Waals surface area (Å²) in [5, 5.41) is 10.8. The smallest absolute Gasteiger partial charge is 0.334 e. The Kier molecular flexibility index (Phi) is 5.85. The van der Waals surface area contributed by atoms with Crippen LogP contribution in [0.4, 0.5) is 0 Å². The molecule has 3 atom stereocenters. The summed E-state index contributed by atoms with van der Waals surface area (Å²) in [5.41, 5.74) is 2.30. The maximum Gasteiger partial charge on any atom is 0.334 e. The first kappa shape index (κ1) is 18.0. The SMILES string of the molecule is C=C1C(=O)O[C@@H]2C[C@H]1CC/C(C)=C\CC/C(C)=C/CC[C@]2(C)O. The molecule has 2 bridgehead atoms. The Morgan fingerprint density at radius 3 is 2.61 bits per heavy atom. The molecule has 0 radical (unpaired) electrons. The van der Waals surface area contributed by atoms with Gasteiger partial charge >= 0.3 is 5.97 Å². The summed E-state index contributed by atoms with van der Waals surface area (Å²) in [6, 6.07) is 0. The van der Waals surface area contributed by atoms with Gasteiger partial charge in [0.25, 0.3) is 0 Å². The van der Waals surface area contributed by atoms with Crippen LogP contribution in [-0.4, -0.2) is 22.8 Å². The standard InChI is InChI=1S/C20H30O3/c1-14-7-5-8-15(2)10-11-17-13-18(23-19(21)16(17)3)20(4,22)12-6-9-14/h8-9,17-18,22H,3,5-7,10-13H2,1-2,4H3/b14-9+,15-8-/t17-,18-,20+/m1/s1. The van der Waals surface area contributed by atoms with Gasteiger partial charge in [-0.15, -0.1) is 0 Å². The van der Waals surface area contributed by atoms with Crippen molar-refractivity contribution in [1.82, 2.24) is 0 Å². The fourth-order valence-corrected chi connectivity index (χ4v) is 3.42. The molecule has 1 fully saturated rings. The number of carbonyl (C=O) groups excluding carboxylic acids is 1. The van der Waals surface area contributed by atoms with Gasteiger partial charge in [0, 0.05) is 5.57 Å². The highest BCUT2D eigenvalue weighted by atomic mass is 16.6. The average molecular weight is 318 g/mol. The van der Waals surface area contributed by atoms with E-state index >= 15 is 0 Å². The summed E-state index contributed by atoms with van der Waals surface area (Å²) in [4.78, 5) is 12.1. The molecule has 3 nitrogen and oxygen atoms in total. The molecule has 1 aliphatic carbocycles. The molecule has 0 saturated carbocycles. The molecule has 0 aromatic carbocycles. The maximum absolute atomic E-state index is 12.1. The monoisotopic (exact) mass is 318 g/mol. The summed E-state index contributed by atoms with van der Waals surface area (Å²) < 4.78 is 5.47. The lowest BCUT2D eigenvalue weighted by Gasteiger charge is -2.38. The van der Waals surface area contributed by atoms with Gasteiger partial charge in [-0.1, -0.05) is 29.9 Å². The second kappa shape index (κ2) is 7.48. The first-order valence-electron chi connectivity index (χ1n) is 8.73. The van der Waals surface area contributed by atoms with Gasteiger partial charge in [-0.25, -0.2) is 4.79 Å². The highest BCUT2D eigenvalue weighted by Crippen LogP contribution is 2.36. The number of allylic oxidation sites excluding steroid dienone is 4. The fraction of sp³-hybridized carbons (Fsp3) is 0.650. The van der Waals surface area contributed by atoms with E-state index in [4.69, 9.17) is 4.74 Å². The number of hydrogen-bond donors (Lipinski definition) is 1. The van der Waals surface area contributed by atoms with E-state index in [0.717, 1.165) is 32.1 Å². The largest absolute Gasteiger partial charge is 0.456 e. The first-order chi connectivity index (χ1) is 10.8. The van der Waals surface area contributed by atoms with Crippen molar-refractivity contribution >= 4 is 5.97 Å². The van der Waals surface area contributed by atoms with E-state index in [2.05, 4.69) is 32.6 Å². The maximum atomic E-state index is 12.1. The number of aliphatic hydroxyl groups is 1. The second-order valence-corrected chi connectivity index (χ2v) is 7.43. The highest BCUT2D eigenvalue weighted by Gasteiger charge is 2.41. The van der Waals surface area contributed by atoms with Gasteiger partial charge in [-0.05, 0) is 71.6 Å². The topological polar surface area (TPSA) is 46.5 Å². The zero-order chi connectivity index (χ0) is 17.0. The van der Waals surface area contributed by atoms with Crippen LogP contribution < -0.4 is 0 Å². The van der Waals surface area contributed by atoms with Crippen molar-refractivity contribution in [1.29, 1.82) is 0 Å². The van der Waals surface area contributed by atoms with E-state index in [1.54, 1.807) is 6.92 Å². The second-order valence-electron chi connectivity index (χ2n) is 7.43. The Morgan fingerprint density at radius 2 is 1.87 bits per heavy atom. The van der Waals surface area contributed by atoms with Gasteiger partial charge in [-0.3, -0.25) is 0 Å². The summed E-state index contributed by atoms with van der Waals surface area (Å²) in [5.74, 6) is -0.233. The van der Waals surface area contributed by atoms with Crippen LogP contribution in [0.2, 0.25) is 0 Å². The van der Waals surface area contributed by atoms with Crippen LogP contribution in [0.15, 0.2) is 35.5 Å². The molecule has 2 rings (SSSR count). The summed E-state index contributed by atoms with van der Waals surface area (Å²) in [7, 11) is 0. The molecule has 128 valence electrons. The average Bonchev–Trinajstić information content (AvgIpc) is 2.47. The van der Waals surface area contributed by atoms with Crippen molar-refractivity contribution in [2.24, 2.45) is 5.92 Å². The van der Waals surface area contributed by atoms with Crippen LogP contribution >= 0.6 is 0 Å². The molecular weight excluding hydrogens is 288 g/mol. The van der Waals surface area contributed by atoms with E-state index in [1.807, 2.05) is 0 Å². The highest BCUT2D eigenvalue weighted by molar-refractivity contribution is 5.89. The van der Waals surface area contributed by atoms with Gasteiger partial charge in [0.15, 0.2) is 0 Å². The quantitative estimate of drug-likeness (QED) is 0.407. The summed E-state index contributed by atoms with van der Waals surface area (Å²) >= 11 is 0. The van der Waals surface area contributed by atoms with E-state index in [-0.39, 0.29) is 11.9 Å². The number of rotatable bonds is 0. The minimum absolute atomic E-state index is 0.108. The molecule has 3 heteroatoms. The minimum atomic E-state index is -0.986. The predicted octanol–water partition coefficient (Wildman–Crippen LogP) is 4.47. The zero-order valence-electron chi connectivity index (χ0n) is 14.7. The molecule has 1 saturated heterocycles.